The fourth-order valence-corrected chi connectivity index (χ4v) is 2.40. The zero-order valence-electron chi connectivity index (χ0n) is 13.5. The van der Waals surface area contributed by atoms with Crippen LogP contribution in [-0.2, 0) is 13.0 Å². The first-order valence-corrected chi connectivity index (χ1v) is 7.87. The van der Waals surface area contributed by atoms with Gasteiger partial charge in [0.25, 0.3) is 0 Å². The maximum atomic E-state index is 12.4. The summed E-state index contributed by atoms with van der Waals surface area (Å²) in [7, 11) is 0. The summed E-state index contributed by atoms with van der Waals surface area (Å²) in [6.45, 7) is 0.287. The summed E-state index contributed by atoms with van der Waals surface area (Å²) in [6.07, 6.45) is -5.05. The topological polar surface area (TPSA) is 67.5 Å². The Morgan fingerprint density at radius 2 is 1.68 bits per heavy atom. The van der Waals surface area contributed by atoms with Crippen molar-refractivity contribution in [2.75, 3.05) is 6.54 Å². The van der Waals surface area contributed by atoms with Crippen LogP contribution in [0.25, 0.3) is 0 Å². The Morgan fingerprint density at radius 1 is 1.04 bits per heavy atom. The van der Waals surface area contributed by atoms with E-state index in [0.29, 0.717) is 12.0 Å². The molecule has 0 fully saturated rings. The van der Waals surface area contributed by atoms with E-state index >= 15 is 0 Å². The summed E-state index contributed by atoms with van der Waals surface area (Å²) in [6, 6.07) is 14.9. The second-order valence-electron chi connectivity index (χ2n) is 5.71. The van der Waals surface area contributed by atoms with Crippen LogP contribution in [0.5, 0.6) is 5.75 Å². The van der Waals surface area contributed by atoms with Crippen molar-refractivity contribution in [1.29, 1.82) is 0 Å². The maximum Gasteiger partial charge on any atom is 0.573 e. The van der Waals surface area contributed by atoms with E-state index in [4.69, 9.17) is 5.73 Å². The predicted molar refractivity (Wildman–Crippen MR) is 89.0 cm³/mol. The van der Waals surface area contributed by atoms with Crippen LogP contribution in [0, 0.1) is 0 Å². The molecule has 136 valence electrons. The SMILES string of the molecule is NC(Cc1ccccc1)[C@@H](O)CNCc1ccccc1OC(F)(F)F. The van der Waals surface area contributed by atoms with Crippen LogP contribution in [0.4, 0.5) is 13.2 Å². The average Bonchev–Trinajstić information content (AvgIpc) is 2.56. The average molecular weight is 354 g/mol. The number of aliphatic hydroxyl groups is 1. The van der Waals surface area contributed by atoms with Crippen LogP contribution >= 0.6 is 0 Å². The van der Waals surface area contributed by atoms with Crippen molar-refractivity contribution in [3.63, 3.8) is 0 Å². The number of hydrogen-bond acceptors (Lipinski definition) is 4. The van der Waals surface area contributed by atoms with E-state index in [1.165, 1.54) is 18.2 Å². The van der Waals surface area contributed by atoms with Crippen molar-refractivity contribution in [2.45, 2.75) is 31.5 Å². The Bertz CT molecular complexity index is 650. The number of benzene rings is 2. The second-order valence-corrected chi connectivity index (χ2v) is 5.71. The van der Waals surface area contributed by atoms with Crippen LogP contribution < -0.4 is 15.8 Å². The Kier molecular flexibility index (Phi) is 6.81. The summed E-state index contributed by atoms with van der Waals surface area (Å²) in [4.78, 5) is 0. The number of para-hydroxylation sites is 1. The van der Waals surface area contributed by atoms with E-state index < -0.39 is 18.5 Å². The molecule has 4 N–H and O–H groups in total. The van der Waals surface area contributed by atoms with Gasteiger partial charge < -0.3 is 20.9 Å². The van der Waals surface area contributed by atoms with E-state index in [2.05, 4.69) is 10.1 Å². The van der Waals surface area contributed by atoms with Crippen molar-refractivity contribution in [3.05, 3.63) is 65.7 Å². The summed E-state index contributed by atoms with van der Waals surface area (Å²) in [5, 5.41) is 13.0. The van der Waals surface area contributed by atoms with Gasteiger partial charge in [-0.05, 0) is 18.1 Å². The highest BCUT2D eigenvalue weighted by atomic mass is 19.4. The summed E-state index contributed by atoms with van der Waals surface area (Å²) in [5.41, 5.74) is 7.34. The Morgan fingerprint density at radius 3 is 2.36 bits per heavy atom. The van der Waals surface area contributed by atoms with E-state index in [1.807, 2.05) is 30.3 Å². The standard InChI is InChI=1S/C18H21F3N2O2/c19-18(20,21)25-17-9-5-4-8-14(17)11-23-12-16(24)15(22)10-13-6-2-1-3-7-13/h1-9,15-16,23-24H,10-12,22H2/t15?,16-/m0/s1. The molecule has 0 amide bonds. The molecule has 25 heavy (non-hydrogen) atoms. The second kappa shape index (κ2) is 8.84. The Hall–Kier alpha value is -2.09. The lowest BCUT2D eigenvalue weighted by atomic mass is 10.0. The Balaban J connectivity index is 1.84. The molecule has 2 atom stereocenters. The minimum Gasteiger partial charge on any atom is -0.405 e. The molecule has 7 heteroatoms. The van der Waals surface area contributed by atoms with Crippen LogP contribution in [0.2, 0.25) is 0 Å². The smallest absolute Gasteiger partial charge is 0.405 e. The maximum absolute atomic E-state index is 12.4. The third-order valence-electron chi connectivity index (χ3n) is 3.68. The van der Waals surface area contributed by atoms with E-state index in [-0.39, 0.29) is 18.8 Å². The number of nitrogens with one attached hydrogen (secondary N) is 1. The quantitative estimate of drug-likeness (QED) is 0.682. The summed E-state index contributed by atoms with van der Waals surface area (Å²) in [5.74, 6) is -0.259. The summed E-state index contributed by atoms with van der Waals surface area (Å²) < 4.78 is 41.1. The molecule has 0 spiro atoms. The van der Waals surface area contributed by atoms with Crippen LogP contribution in [0.15, 0.2) is 54.6 Å². The molecule has 0 heterocycles. The molecular formula is C18H21F3N2O2. The first-order valence-electron chi connectivity index (χ1n) is 7.87. The van der Waals surface area contributed by atoms with Gasteiger partial charge in [0.2, 0.25) is 0 Å². The molecule has 0 radical (unpaired) electrons. The van der Waals surface area contributed by atoms with Crippen molar-refractivity contribution in [1.82, 2.24) is 5.32 Å². The monoisotopic (exact) mass is 354 g/mol. The van der Waals surface area contributed by atoms with Gasteiger partial charge in [-0.3, -0.25) is 0 Å². The predicted octanol–water partition coefficient (Wildman–Crippen LogP) is 2.61. The molecule has 0 bridgehead atoms. The van der Waals surface area contributed by atoms with Gasteiger partial charge in [-0.2, -0.15) is 0 Å². The lowest BCUT2D eigenvalue weighted by Crippen LogP contribution is -2.43. The summed E-state index contributed by atoms with van der Waals surface area (Å²) >= 11 is 0. The van der Waals surface area contributed by atoms with Crippen LogP contribution in [0.1, 0.15) is 11.1 Å². The molecule has 0 aliphatic heterocycles. The molecule has 4 nitrogen and oxygen atoms in total. The van der Waals surface area contributed by atoms with Gasteiger partial charge in [0.05, 0.1) is 6.10 Å². The number of halogens is 3. The molecule has 2 aromatic rings. The molecule has 2 aromatic carbocycles. The molecule has 0 aromatic heterocycles. The van der Waals surface area contributed by atoms with Crippen LogP contribution in [-0.4, -0.2) is 30.2 Å². The minimum absolute atomic E-state index is 0.126. The molecule has 2 rings (SSSR count). The number of alkyl halides is 3. The first-order chi connectivity index (χ1) is 11.8. The van der Waals surface area contributed by atoms with Gasteiger partial charge in [0, 0.05) is 24.7 Å². The molecule has 0 aliphatic rings. The fourth-order valence-electron chi connectivity index (χ4n) is 2.40. The van der Waals surface area contributed by atoms with Gasteiger partial charge in [0.1, 0.15) is 5.75 Å². The lowest BCUT2D eigenvalue weighted by molar-refractivity contribution is -0.274. The molecule has 0 saturated carbocycles. The van der Waals surface area contributed by atoms with Crippen LogP contribution in [0.3, 0.4) is 0 Å². The van der Waals surface area contributed by atoms with Gasteiger partial charge in [0.15, 0.2) is 0 Å². The first kappa shape index (κ1) is 19.2. The number of nitrogens with two attached hydrogens (primary N) is 1. The largest absolute Gasteiger partial charge is 0.573 e. The zero-order chi connectivity index (χ0) is 18.3. The highest BCUT2D eigenvalue weighted by Crippen LogP contribution is 2.26. The third kappa shape index (κ3) is 6.74. The van der Waals surface area contributed by atoms with Crippen molar-refractivity contribution in [3.8, 4) is 5.75 Å². The van der Waals surface area contributed by atoms with Crippen molar-refractivity contribution < 1.29 is 23.0 Å². The number of ether oxygens (including phenoxy) is 1. The lowest BCUT2D eigenvalue weighted by Gasteiger charge is -2.20. The highest BCUT2D eigenvalue weighted by Gasteiger charge is 2.31. The Labute approximate surface area is 144 Å². The van der Waals surface area contributed by atoms with E-state index in [0.717, 1.165) is 5.56 Å². The highest BCUT2D eigenvalue weighted by molar-refractivity contribution is 5.33. The number of aliphatic hydroxyl groups excluding tert-OH is 1. The molecular weight excluding hydrogens is 333 g/mol. The zero-order valence-corrected chi connectivity index (χ0v) is 13.5. The van der Waals surface area contributed by atoms with E-state index in [1.54, 1.807) is 6.07 Å². The van der Waals surface area contributed by atoms with E-state index in [9.17, 15) is 18.3 Å². The number of rotatable bonds is 8. The minimum atomic E-state index is -4.74. The van der Waals surface area contributed by atoms with Gasteiger partial charge >= 0.3 is 6.36 Å². The molecule has 0 aliphatic carbocycles. The fraction of sp³-hybridized carbons (Fsp3) is 0.333. The van der Waals surface area contributed by atoms with Crippen molar-refractivity contribution in [2.24, 2.45) is 5.73 Å². The molecule has 0 saturated heterocycles. The molecule has 1 unspecified atom stereocenters. The van der Waals surface area contributed by atoms with Gasteiger partial charge in [-0.25, -0.2) is 0 Å². The normalized spacial score (nSPS) is 14.1. The van der Waals surface area contributed by atoms with Gasteiger partial charge in [-0.1, -0.05) is 48.5 Å². The van der Waals surface area contributed by atoms with Crippen molar-refractivity contribution >= 4 is 0 Å². The third-order valence-corrected chi connectivity index (χ3v) is 3.68. The number of hydrogen-bond donors (Lipinski definition) is 3. The van der Waals surface area contributed by atoms with Gasteiger partial charge in [-0.15, -0.1) is 13.2 Å².